The third-order valence-electron chi connectivity index (χ3n) is 5.23. The van der Waals surface area contributed by atoms with Crippen LogP contribution in [-0.4, -0.2) is 76.2 Å². The van der Waals surface area contributed by atoms with Gasteiger partial charge in [-0.1, -0.05) is 24.3 Å². The number of ether oxygens (including phenoxy) is 3. The Morgan fingerprint density at radius 2 is 2.00 bits per heavy atom. The molecule has 162 valence electrons. The van der Waals surface area contributed by atoms with E-state index in [9.17, 15) is 0 Å². The van der Waals surface area contributed by atoms with Crippen molar-refractivity contribution in [2.24, 2.45) is 4.99 Å². The topological polar surface area (TPSA) is 67.4 Å². The fourth-order valence-corrected chi connectivity index (χ4v) is 3.60. The molecule has 0 aromatic heterocycles. The lowest BCUT2D eigenvalue weighted by atomic mass is 10.1. The molecule has 0 bridgehead atoms. The molecule has 2 saturated heterocycles. The Morgan fingerprint density at radius 1 is 1.17 bits per heavy atom. The second-order valence-electron chi connectivity index (χ2n) is 7.49. The van der Waals surface area contributed by atoms with Crippen LogP contribution in [0.15, 0.2) is 29.3 Å². The first-order valence-electron chi connectivity index (χ1n) is 10.9. The third kappa shape index (κ3) is 7.93. The summed E-state index contributed by atoms with van der Waals surface area (Å²) in [5.74, 6) is 0.828. The summed E-state index contributed by atoms with van der Waals surface area (Å²) in [5, 5.41) is 6.68. The highest BCUT2D eigenvalue weighted by Gasteiger charge is 2.15. The first-order chi connectivity index (χ1) is 14.3. The Morgan fingerprint density at radius 3 is 2.76 bits per heavy atom. The van der Waals surface area contributed by atoms with Crippen LogP contribution in [0.2, 0.25) is 0 Å². The fourth-order valence-electron chi connectivity index (χ4n) is 3.60. The molecular weight excluding hydrogens is 368 g/mol. The first kappa shape index (κ1) is 22.0. The molecule has 0 aliphatic carbocycles. The van der Waals surface area contributed by atoms with Crippen molar-refractivity contribution in [2.45, 2.75) is 39.0 Å². The minimum absolute atomic E-state index is 0.278. The van der Waals surface area contributed by atoms with Crippen LogP contribution in [0.5, 0.6) is 0 Å². The van der Waals surface area contributed by atoms with Gasteiger partial charge in [0, 0.05) is 39.3 Å². The largest absolute Gasteiger partial charge is 0.379 e. The van der Waals surface area contributed by atoms with Crippen molar-refractivity contribution in [2.75, 3.05) is 59.2 Å². The lowest BCUT2D eigenvalue weighted by molar-refractivity contribution is 0.0191. The molecule has 2 N–H and O–H groups in total. The van der Waals surface area contributed by atoms with E-state index in [1.807, 2.05) is 0 Å². The standard InChI is InChI=1S/C22H36N4O3/c1-2-23-22(24-9-13-28-18-21-8-5-12-29-21)25-16-19-6-3-4-7-20(19)17-26-10-14-27-15-11-26/h3-4,6-7,21H,2,5,8-18H2,1H3,(H2,23,24,25). The van der Waals surface area contributed by atoms with E-state index in [4.69, 9.17) is 19.2 Å². The number of hydrogen-bond acceptors (Lipinski definition) is 5. The van der Waals surface area contributed by atoms with E-state index in [1.165, 1.54) is 11.1 Å². The van der Waals surface area contributed by atoms with Gasteiger partial charge in [-0.25, -0.2) is 4.99 Å². The number of guanidine groups is 1. The van der Waals surface area contributed by atoms with E-state index < -0.39 is 0 Å². The molecule has 0 saturated carbocycles. The summed E-state index contributed by atoms with van der Waals surface area (Å²) in [6.45, 7) is 11.1. The summed E-state index contributed by atoms with van der Waals surface area (Å²) in [4.78, 5) is 7.23. The monoisotopic (exact) mass is 404 g/mol. The average molecular weight is 405 g/mol. The molecule has 1 unspecified atom stereocenters. The summed E-state index contributed by atoms with van der Waals surface area (Å²) in [5.41, 5.74) is 2.61. The number of hydrogen-bond donors (Lipinski definition) is 2. The van der Waals surface area contributed by atoms with Crippen molar-refractivity contribution < 1.29 is 14.2 Å². The second kappa shape index (κ2) is 12.8. The van der Waals surface area contributed by atoms with Crippen LogP contribution in [0.4, 0.5) is 0 Å². The molecule has 1 aromatic rings. The maximum Gasteiger partial charge on any atom is 0.191 e. The van der Waals surface area contributed by atoms with Gasteiger partial charge in [0.1, 0.15) is 0 Å². The van der Waals surface area contributed by atoms with E-state index in [0.29, 0.717) is 19.8 Å². The molecule has 7 heteroatoms. The molecule has 0 amide bonds. The zero-order valence-electron chi connectivity index (χ0n) is 17.7. The molecule has 2 aliphatic rings. The van der Waals surface area contributed by atoms with Crippen LogP contribution >= 0.6 is 0 Å². The van der Waals surface area contributed by atoms with Crippen molar-refractivity contribution in [3.63, 3.8) is 0 Å². The maximum absolute atomic E-state index is 5.73. The predicted octanol–water partition coefficient (Wildman–Crippen LogP) is 1.77. The highest BCUT2D eigenvalue weighted by atomic mass is 16.5. The van der Waals surface area contributed by atoms with Gasteiger partial charge in [-0.2, -0.15) is 0 Å². The summed E-state index contributed by atoms with van der Waals surface area (Å²) in [7, 11) is 0. The normalized spacial score (nSPS) is 20.7. The molecule has 1 atom stereocenters. The van der Waals surface area contributed by atoms with Gasteiger partial charge < -0.3 is 24.8 Å². The second-order valence-corrected chi connectivity index (χ2v) is 7.49. The molecular formula is C22H36N4O3. The van der Waals surface area contributed by atoms with E-state index in [2.05, 4.69) is 46.7 Å². The van der Waals surface area contributed by atoms with Crippen LogP contribution in [0, 0.1) is 0 Å². The molecule has 1 aromatic carbocycles. The summed E-state index contributed by atoms with van der Waals surface area (Å²) in [6, 6.07) is 8.58. The zero-order valence-corrected chi connectivity index (χ0v) is 17.7. The van der Waals surface area contributed by atoms with Gasteiger partial charge in [0.05, 0.1) is 39.1 Å². The third-order valence-corrected chi connectivity index (χ3v) is 5.23. The van der Waals surface area contributed by atoms with Gasteiger partial charge in [0.2, 0.25) is 0 Å². The number of benzene rings is 1. The number of rotatable bonds is 10. The number of nitrogens with one attached hydrogen (secondary N) is 2. The molecule has 7 nitrogen and oxygen atoms in total. The van der Waals surface area contributed by atoms with E-state index in [0.717, 1.165) is 71.3 Å². The number of morpholine rings is 1. The van der Waals surface area contributed by atoms with Gasteiger partial charge in [-0.05, 0) is 30.9 Å². The zero-order chi connectivity index (χ0) is 20.2. The first-order valence-corrected chi connectivity index (χ1v) is 10.9. The summed E-state index contributed by atoms with van der Waals surface area (Å²) in [6.07, 6.45) is 2.54. The van der Waals surface area contributed by atoms with Crippen LogP contribution < -0.4 is 10.6 Å². The van der Waals surface area contributed by atoms with Crippen molar-refractivity contribution >= 4 is 5.96 Å². The number of aliphatic imine (C=N–C) groups is 1. The summed E-state index contributed by atoms with van der Waals surface area (Å²) >= 11 is 0. The highest BCUT2D eigenvalue weighted by Crippen LogP contribution is 2.14. The van der Waals surface area contributed by atoms with Gasteiger partial charge >= 0.3 is 0 Å². The highest BCUT2D eigenvalue weighted by molar-refractivity contribution is 5.79. The van der Waals surface area contributed by atoms with Crippen LogP contribution in [0.1, 0.15) is 30.9 Å². The van der Waals surface area contributed by atoms with Gasteiger partial charge in [0.15, 0.2) is 5.96 Å². The Hall–Kier alpha value is -1.67. The predicted molar refractivity (Wildman–Crippen MR) is 115 cm³/mol. The number of nitrogens with zero attached hydrogens (tertiary/aromatic N) is 2. The Balaban J connectivity index is 1.46. The van der Waals surface area contributed by atoms with E-state index >= 15 is 0 Å². The van der Waals surface area contributed by atoms with Crippen LogP contribution in [0.3, 0.4) is 0 Å². The Labute approximate surface area is 174 Å². The maximum atomic E-state index is 5.73. The molecule has 0 spiro atoms. The minimum Gasteiger partial charge on any atom is -0.379 e. The van der Waals surface area contributed by atoms with E-state index in [-0.39, 0.29) is 6.10 Å². The fraction of sp³-hybridized carbons (Fsp3) is 0.682. The van der Waals surface area contributed by atoms with Gasteiger partial charge in [0.25, 0.3) is 0 Å². The lowest BCUT2D eigenvalue weighted by Crippen LogP contribution is -2.39. The SMILES string of the molecule is CCNC(=NCc1ccccc1CN1CCOCC1)NCCOCC1CCCO1. The minimum atomic E-state index is 0.278. The average Bonchev–Trinajstić information content (AvgIpc) is 3.27. The molecule has 0 radical (unpaired) electrons. The molecule has 2 aliphatic heterocycles. The van der Waals surface area contributed by atoms with Crippen LogP contribution in [-0.2, 0) is 27.3 Å². The molecule has 3 rings (SSSR count). The molecule has 2 heterocycles. The molecule has 29 heavy (non-hydrogen) atoms. The van der Waals surface area contributed by atoms with Gasteiger partial charge in [-0.3, -0.25) is 4.90 Å². The van der Waals surface area contributed by atoms with Crippen molar-refractivity contribution in [3.05, 3.63) is 35.4 Å². The smallest absolute Gasteiger partial charge is 0.191 e. The molecule has 2 fully saturated rings. The van der Waals surface area contributed by atoms with Crippen molar-refractivity contribution in [3.8, 4) is 0 Å². The van der Waals surface area contributed by atoms with Gasteiger partial charge in [-0.15, -0.1) is 0 Å². The lowest BCUT2D eigenvalue weighted by Gasteiger charge is -2.27. The Kier molecular flexibility index (Phi) is 9.72. The van der Waals surface area contributed by atoms with E-state index in [1.54, 1.807) is 0 Å². The Bertz CT molecular complexity index is 614. The van der Waals surface area contributed by atoms with Crippen molar-refractivity contribution in [1.82, 2.24) is 15.5 Å². The van der Waals surface area contributed by atoms with Crippen LogP contribution in [0.25, 0.3) is 0 Å². The van der Waals surface area contributed by atoms with Crippen molar-refractivity contribution in [1.29, 1.82) is 0 Å². The summed E-state index contributed by atoms with van der Waals surface area (Å²) < 4.78 is 16.8. The quantitative estimate of drug-likeness (QED) is 0.352.